The number of carbonyl (C=O) groups is 1. The van der Waals surface area contributed by atoms with Crippen LogP contribution in [0, 0.1) is 12.7 Å². The quantitative estimate of drug-likeness (QED) is 0.908. The summed E-state index contributed by atoms with van der Waals surface area (Å²) >= 11 is 0. The van der Waals surface area contributed by atoms with Gasteiger partial charge in [-0.15, -0.1) is 0 Å². The summed E-state index contributed by atoms with van der Waals surface area (Å²) in [7, 11) is 0. The minimum atomic E-state index is -1.18. The molecular formula is C17H18FNO2. The van der Waals surface area contributed by atoms with Crippen LogP contribution in [0.15, 0.2) is 48.5 Å². The van der Waals surface area contributed by atoms with Crippen molar-refractivity contribution in [3.63, 3.8) is 0 Å². The molecule has 2 aromatic carbocycles. The van der Waals surface area contributed by atoms with Crippen LogP contribution in [0.3, 0.4) is 0 Å². The molecule has 0 aliphatic carbocycles. The lowest BCUT2D eigenvalue weighted by Gasteiger charge is -2.24. The van der Waals surface area contributed by atoms with Crippen LogP contribution >= 0.6 is 0 Å². The van der Waals surface area contributed by atoms with Gasteiger partial charge in [0.2, 0.25) is 0 Å². The molecule has 0 saturated heterocycles. The van der Waals surface area contributed by atoms with Crippen LogP contribution in [0.2, 0.25) is 0 Å². The summed E-state index contributed by atoms with van der Waals surface area (Å²) in [5.41, 5.74) is 0.255. The van der Waals surface area contributed by atoms with Crippen molar-refractivity contribution in [2.45, 2.75) is 19.4 Å². The number of rotatable bonds is 4. The standard InChI is InChI=1S/C17H18FNO2/c1-12-8-9-13(10-15(12)18)16(20)19-11-17(2,21)14-6-4-3-5-7-14/h3-10,21H,11H2,1-2H3,(H,19,20). The van der Waals surface area contributed by atoms with Gasteiger partial charge in [-0.1, -0.05) is 36.4 Å². The van der Waals surface area contributed by atoms with E-state index in [-0.39, 0.29) is 12.1 Å². The van der Waals surface area contributed by atoms with E-state index < -0.39 is 17.3 Å². The second-order valence-corrected chi connectivity index (χ2v) is 5.29. The fourth-order valence-electron chi connectivity index (χ4n) is 1.99. The molecule has 0 fully saturated rings. The summed E-state index contributed by atoms with van der Waals surface area (Å²) in [6, 6.07) is 13.4. The lowest BCUT2D eigenvalue weighted by atomic mass is 9.96. The van der Waals surface area contributed by atoms with Gasteiger partial charge >= 0.3 is 0 Å². The van der Waals surface area contributed by atoms with Gasteiger partial charge in [-0.05, 0) is 37.1 Å². The number of hydrogen-bond donors (Lipinski definition) is 2. The number of hydrogen-bond acceptors (Lipinski definition) is 2. The molecule has 0 bridgehead atoms. The molecule has 1 amide bonds. The van der Waals surface area contributed by atoms with Crippen molar-refractivity contribution < 1.29 is 14.3 Å². The van der Waals surface area contributed by atoms with Crippen molar-refractivity contribution in [1.29, 1.82) is 0 Å². The largest absolute Gasteiger partial charge is 0.384 e. The maximum Gasteiger partial charge on any atom is 0.251 e. The van der Waals surface area contributed by atoms with Crippen LogP contribution in [0.5, 0.6) is 0 Å². The van der Waals surface area contributed by atoms with E-state index in [4.69, 9.17) is 0 Å². The molecule has 0 radical (unpaired) electrons. The number of carbonyl (C=O) groups excluding carboxylic acids is 1. The Morgan fingerprint density at radius 1 is 1.24 bits per heavy atom. The molecule has 110 valence electrons. The highest BCUT2D eigenvalue weighted by molar-refractivity contribution is 5.94. The Bertz CT molecular complexity index is 638. The average Bonchev–Trinajstić information content (AvgIpc) is 2.48. The molecule has 0 heterocycles. The predicted molar refractivity (Wildman–Crippen MR) is 79.5 cm³/mol. The highest BCUT2D eigenvalue weighted by atomic mass is 19.1. The number of amides is 1. The Morgan fingerprint density at radius 2 is 1.90 bits per heavy atom. The predicted octanol–water partition coefficient (Wildman–Crippen LogP) is 2.77. The van der Waals surface area contributed by atoms with Crippen molar-refractivity contribution in [2.75, 3.05) is 6.54 Å². The SMILES string of the molecule is Cc1ccc(C(=O)NCC(C)(O)c2ccccc2)cc1F. The van der Waals surface area contributed by atoms with Crippen LogP contribution in [0.25, 0.3) is 0 Å². The van der Waals surface area contributed by atoms with E-state index in [1.165, 1.54) is 6.07 Å². The van der Waals surface area contributed by atoms with Gasteiger partial charge in [-0.3, -0.25) is 4.79 Å². The van der Waals surface area contributed by atoms with Gasteiger partial charge in [-0.2, -0.15) is 0 Å². The first-order valence-electron chi connectivity index (χ1n) is 6.72. The van der Waals surface area contributed by atoms with Crippen molar-refractivity contribution in [1.82, 2.24) is 5.32 Å². The minimum absolute atomic E-state index is 0.0470. The summed E-state index contributed by atoms with van der Waals surface area (Å²) in [5.74, 6) is -0.831. The van der Waals surface area contributed by atoms with Gasteiger partial charge in [0.1, 0.15) is 11.4 Å². The summed E-state index contributed by atoms with van der Waals surface area (Å²) in [6.45, 7) is 3.31. The number of halogens is 1. The van der Waals surface area contributed by atoms with Gasteiger partial charge in [0.25, 0.3) is 5.91 Å². The average molecular weight is 287 g/mol. The molecule has 2 aromatic rings. The van der Waals surface area contributed by atoms with E-state index in [2.05, 4.69) is 5.32 Å². The normalized spacial score (nSPS) is 13.5. The smallest absolute Gasteiger partial charge is 0.251 e. The zero-order chi connectivity index (χ0) is 15.5. The molecule has 0 aromatic heterocycles. The second-order valence-electron chi connectivity index (χ2n) is 5.29. The summed E-state index contributed by atoms with van der Waals surface area (Å²) < 4.78 is 13.4. The third-order valence-corrected chi connectivity index (χ3v) is 3.42. The molecular weight excluding hydrogens is 269 g/mol. The van der Waals surface area contributed by atoms with Crippen LogP contribution in [0.1, 0.15) is 28.4 Å². The first kappa shape index (κ1) is 15.2. The number of nitrogens with one attached hydrogen (secondary N) is 1. The zero-order valence-corrected chi connectivity index (χ0v) is 12.1. The molecule has 1 unspecified atom stereocenters. The summed E-state index contributed by atoms with van der Waals surface area (Å²) in [5, 5.41) is 13.0. The second kappa shape index (κ2) is 6.06. The Labute approximate surface area is 123 Å². The number of aliphatic hydroxyl groups is 1. The molecule has 2 rings (SSSR count). The highest BCUT2D eigenvalue weighted by Crippen LogP contribution is 2.19. The van der Waals surface area contributed by atoms with E-state index >= 15 is 0 Å². The van der Waals surface area contributed by atoms with Gasteiger partial charge < -0.3 is 10.4 Å². The third kappa shape index (κ3) is 3.67. The molecule has 21 heavy (non-hydrogen) atoms. The Kier molecular flexibility index (Phi) is 4.38. The topological polar surface area (TPSA) is 49.3 Å². The molecule has 1 atom stereocenters. The van der Waals surface area contributed by atoms with Crippen LogP contribution < -0.4 is 5.32 Å². The van der Waals surface area contributed by atoms with Crippen molar-refractivity contribution in [2.24, 2.45) is 0 Å². The zero-order valence-electron chi connectivity index (χ0n) is 12.1. The Hall–Kier alpha value is -2.20. The van der Waals surface area contributed by atoms with Gasteiger partial charge in [-0.25, -0.2) is 4.39 Å². The lowest BCUT2D eigenvalue weighted by Crippen LogP contribution is -2.38. The minimum Gasteiger partial charge on any atom is -0.384 e. The molecule has 0 saturated carbocycles. The van der Waals surface area contributed by atoms with E-state index in [0.29, 0.717) is 11.1 Å². The van der Waals surface area contributed by atoms with E-state index in [0.717, 1.165) is 0 Å². The lowest BCUT2D eigenvalue weighted by molar-refractivity contribution is 0.0526. The van der Waals surface area contributed by atoms with E-state index in [9.17, 15) is 14.3 Å². The third-order valence-electron chi connectivity index (χ3n) is 3.42. The van der Waals surface area contributed by atoms with Crippen LogP contribution in [-0.2, 0) is 5.60 Å². The van der Waals surface area contributed by atoms with Crippen molar-refractivity contribution in [3.05, 3.63) is 71.0 Å². The Balaban J connectivity index is 2.05. The summed E-state index contributed by atoms with van der Waals surface area (Å²) in [4.78, 5) is 12.0. The molecule has 0 spiro atoms. The fraction of sp³-hybridized carbons (Fsp3) is 0.235. The van der Waals surface area contributed by atoms with Crippen molar-refractivity contribution >= 4 is 5.91 Å². The van der Waals surface area contributed by atoms with Crippen molar-refractivity contribution in [3.8, 4) is 0 Å². The maximum atomic E-state index is 13.4. The van der Waals surface area contributed by atoms with E-state index in [1.54, 1.807) is 38.1 Å². The van der Waals surface area contributed by atoms with Gasteiger partial charge in [0.15, 0.2) is 0 Å². The first-order chi connectivity index (χ1) is 9.90. The molecule has 2 N–H and O–H groups in total. The van der Waals surface area contributed by atoms with Gasteiger partial charge in [0, 0.05) is 5.56 Å². The Morgan fingerprint density at radius 3 is 2.52 bits per heavy atom. The molecule has 3 nitrogen and oxygen atoms in total. The van der Waals surface area contributed by atoms with Crippen LogP contribution in [-0.4, -0.2) is 17.6 Å². The summed E-state index contributed by atoms with van der Waals surface area (Å²) in [6.07, 6.45) is 0. The molecule has 0 aliphatic rings. The maximum absolute atomic E-state index is 13.4. The number of benzene rings is 2. The molecule has 4 heteroatoms. The highest BCUT2D eigenvalue weighted by Gasteiger charge is 2.23. The number of aryl methyl sites for hydroxylation is 1. The fourth-order valence-corrected chi connectivity index (χ4v) is 1.99. The molecule has 0 aliphatic heterocycles. The van der Waals surface area contributed by atoms with E-state index in [1.807, 2.05) is 18.2 Å². The monoisotopic (exact) mass is 287 g/mol. The van der Waals surface area contributed by atoms with Crippen LogP contribution in [0.4, 0.5) is 4.39 Å². The first-order valence-corrected chi connectivity index (χ1v) is 6.72. The van der Waals surface area contributed by atoms with Gasteiger partial charge in [0.05, 0.1) is 6.54 Å².